The Hall–Kier alpha value is -0.0500. The van der Waals surface area contributed by atoms with Crippen LogP contribution >= 0.6 is 22.9 Å². The molecule has 0 amide bonds. The number of nitrogens with one attached hydrogen (secondary N) is 1. The van der Waals surface area contributed by atoms with Crippen molar-refractivity contribution in [2.45, 2.75) is 25.6 Å². The second-order valence-corrected chi connectivity index (χ2v) is 5.39. The van der Waals surface area contributed by atoms with E-state index in [0.717, 1.165) is 19.5 Å². The standard InChI is InChI=1S/C11H18ClNS/c1-9(2)11(12)8-13-6-5-10-4-3-7-14-10/h3-4,7,9,11,13H,5-6,8H2,1-2H3. The third-order valence-electron chi connectivity index (χ3n) is 2.19. The Morgan fingerprint density at radius 1 is 1.50 bits per heavy atom. The largest absolute Gasteiger partial charge is 0.315 e. The van der Waals surface area contributed by atoms with Gasteiger partial charge >= 0.3 is 0 Å². The maximum atomic E-state index is 6.12. The van der Waals surface area contributed by atoms with Gasteiger partial charge in [0.15, 0.2) is 0 Å². The quantitative estimate of drug-likeness (QED) is 0.586. The van der Waals surface area contributed by atoms with Crippen LogP contribution in [-0.2, 0) is 6.42 Å². The fourth-order valence-corrected chi connectivity index (χ4v) is 1.96. The van der Waals surface area contributed by atoms with Gasteiger partial charge in [0, 0.05) is 23.3 Å². The first kappa shape index (κ1) is 12.0. The molecule has 0 spiro atoms. The van der Waals surface area contributed by atoms with Crippen LogP contribution in [0.25, 0.3) is 0 Å². The molecule has 1 aromatic rings. The van der Waals surface area contributed by atoms with Gasteiger partial charge in [-0.25, -0.2) is 0 Å². The first-order chi connectivity index (χ1) is 6.70. The minimum Gasteiger partial charge on any atom is -0.315 e. The Kier molecular flexibility index (Phi) is 5.53. The zero-order valence-corrected chi connectivity index (χ0v) is 10.4. The monoisotopic (exact) mass is 231 g/mol. The lowest BCUT2D eigenvalue weighted by Gasteiger charge is -2.13. The summed E-state index contributed by atoms with van der Waals surface area (Å²) >= 11 is 7.93. The predicted molar refractivity (Wildman–Crippen MR) is 65.4 cm³/mol. The van der Waals surface area contributed by atoms with Gasteiger partial charge in [-0.3, -0.25) is 0 Å². The lowest BCUT2D eigenvalue weighted by Crippen LogP contribution is -2.28. The number of thiophene rings is 1. The normalized spacial score (nSPS) is 13.4. The van der Waals surface area contributed by atoms with Crippen LogP contribution < -0.4 is 5.32 Å². The minimum absolute atomic E-state index is 0.248. The maximum absolute atomic E-state index is 6.12. The van der Waals surface area contributed by atoms with Gasteiger partial charge in [-0.15, -0.1) is 22.9 Å². The van der Waals surface area contributed by atoms with Crippen molar-refractivity contribution in [3.63, 3.8) is 0 Å². The van der Waals surface area contributed by atoms with E-state index < -0.39 is 0 Å². The molecule has 3 heteroatoms. The highest BCUT2D eigenvalue weighted by Crippen LogP contribution is 2.09. The van der Waals surface area contributed by atoms with E-state index in [9.17, 15) is 0 Å². The summed E-state index contributed by atoms with van der Waals surface area (Å²) in [6, 6.07) is 4.27. The molecule has 0 bridgehead atoms. The lowest BCUT2D eigenvalue weighted by molar-refractivity contribution is 0.548. The van der Waals surface area contributed by atoms with E-state index in [1.807, 2.05) is 11.3 Å². The smallest absolute Gasteiger partial charge is 0.0483 e. The van der Waals surface area contributed by atoms with Crippen LogP contribution in [0.5, 0.6) is 0 Å². The van der Waals surface area contributed by atoms with Crippen LogP contribution in [-0.4, -0.2) is 18.5 Å². The third kappa shape index (κ3) is 4.45. The van der Waals surface area contributed by atoms with E-state index in [1.165, 1.54) is 4.88 Å². The molecule has 0 radical (unpaired) electrons. The Balaban J connectivity index is 2.05. The molecule has 14 heavy (non-hydrogen) atoms. The second kappa shape index (κ2) is 6.44. The minimum atomic E-state index is 0.248. The first-order valence-electron chi connectivity index (χ1n) is 5.07. The third-order valence-corrected chi connectivity index (χ3v) is 3.79. The van der Waals surface area contributed by atoms with E-state index in [1.54, 1.807) is 0 Å². The SMILES string of the molecule is CC(C)C(Cl)CNCCc1cccs1. The molecule has 0 aliphatic heterocycles. The van der Waals surface area contributed by atoms with Crippen LogP contribution in [0.2, 0.25) is 0 Å². The van der Waals surface area contributed by atoms with Crippen molar-refractivity contribution in [3.8, 4) is 0 Å². The second-order valence-electron chi connectivity index (χ2n) is 3.79. The van der Waals surface area contributed by atoms with Crippen molar-refractivity contribution in [2.24, 2.45) is 5.92 Å². The van der Waals surface area contributed by atoms with Gasteiger partial charge in [-0.05, 0) is 23.8 Å². The van der Waals surface area contributed by atoms with Crippen LogP contribution in [0.15, 0.2) is 17.5 Å². The lowest BCUT2D eigenvalue weighted by atomic mass is 10.1. The summed E-state index contributed by atoms with van der Waals surface area (Å²) in [7, 11) is 0. The first-order valence-corrected chi connectivity index (χ1v) is 6.39. The molecule has 80 valence electrons. The molecule has 1 aromatic heterocycles. The number of hydrogen-bond donors (Lipinski definition) is 1. The topological polar surface area (TPSA) is 12.0 Å². The number of alkyl halides is 1. The zero-order valence-electron chi connectivity index (χ0n) is 8.79. The molecular formula is C11H18ClNS. The van der Waals surface area contributed by atoms with Crippen LogP contribution in [0.3, 0.4) is 0 Å². The van der Waals surface area contributed by atoms with Crippen molar-refractivity contribution in [1.29, 1.82) is 0 Å². The van der Waals surface area contributed by atoms with E-state index in [2.05, 4.69) is 36.7 Å². The van der Waals surface area contributed by atoms with Gasteiger partial charge in [0.1, 0.15) is 0 Å². The van der Waals surface area contributed by atoms with Crippen LogP contribution in [0.1, 0.15) is 18.7 Å². The molecule has 0 saturated heterocycles. The van der Waals surface area contributed by atoms with Gasteiger partial charge in [0.25, 0.3) is 0 Å². The molecule has 1 nitrogen and oxygen atoms in total. The fraction of sp³-hybridized carbons (Fsp3) is 0.636. The zero-order chi connectivity index (χ0) is 10.4. The van der Waals surface area contributed by atoms with E-state index in [4.69, 9.17) is 11.6 Å². The summed E-state index contributed by atoms with van der Waals surface area (Å²) in [4.78, 5) is 1.44. The fourth-order valence-electron chi connectivity index (χ4n) is 1.14. The van der Waals surface area contributed by atoms with Gasteiger partial charge in [0.05, 0.1) is 0 Å². The molecule has 1 heterocycles. The van der Waals surface area contributed by atoms with E-state index in [0.29, 0.717) is 5.92 Å². The van der Waals surface area contributed by atoms with Crippen molar-refractivity contribution < 1.29 is 0 Å². The number of rotatable bonds is 6. The van der Waals surface area contributed by atoms with Crippen LogP contribution in [0.4, 0.5) is 0 Å². The van der Waals surface area contributed by atoms with Crippen molar-refractivity contribution in [3.05, 3.63) is 22.4 Å². The van der Waals surface area contributed by atoms with Gasteiger partial charge in [0.2, 0.25) is 0 Å². The summed E-state index contributed by atoms with van der Waals surface area (Å²) in [5.41, 5.74) is 0. The molecule has 0 aliphatic rings. The molecular weight excluding hydrogens is 214 g/mol. The number of halogens is 1. The average molecular weight is 232 g/mol. The predicted octanol–water partition coefficient (Wildman–Crippen LogP) is 3.14. The Bertz CT molecular complexity index is 233. The van der Waals surface area contributed by atoms with Crippen molar-refractivity contribution in [1.82, 2.24) is 5.32 Å². The van der Waals surface area contributed by atoms with E-state index >= 15 is 0 Å². The van der Waals surface area contributed by atoms with Crippen molar-refractivity contribution in [2.75, 3.05) is 13.1 Å². The molecule has 1 unspecified atom stereocenters. The van der Waals surface area contributed by atoms with Crippen molar-refractivity contribution >= 4 is 22.9 Å². The number of hydrogen-bond acceptors (Lipinski definition) is 2. The summed E-state index contributed by atoms with van der Waals surface area (Å²) in [5, 5.41) is 5.75. The van der Waals surface area contributed by atoms with Gasteiger partial charge < -0.3 is 5.32 Å². The van der Waals surface area contributed by atoms with Crippen LogP contribution in [0, 0.1) is 5.92 Å². The average Bonchev–Trinajstić information content (AvgIpc) is 2.64. The summed E-state index contributed by atoms with van der Waals surface area (Å²) < 4.78 is 0. The molecule has 0 aromatic carbocycles. The molecule has 0 aliphatic carbocycles. The highest BCUT2D eigenvalue weighted by atomic mass is 35.5. The maximum Gasteiger partial charge on any atom is 0.0483 e. The highest BCUT2D eigenvalue weighted by molar-refractivity contribution is 7.09. The molecule has 1 atom stereocenters. The molecule has 0 fully saturated rings. The highest BCUT2D eigenvalue weighted by Gasteiger charge is 2.07. The molecule has 1 rings (SSSR count). The Morgan fingerprint density at radius 3 is 2.86 bits per heavy atom. The summed E-state index contributed by atoms with van der Waals surface area (Å²) in [6.07, 6.45) is 1.11. The van der Waals surface area contributed by atoms with Gasteiger partial charge in [-0.2, -0.15) is 0 Å². The molecule has 0 saturated carbocycles. The summed E-state index contributed by atoms with van der Waals surface area (Å²) in [6.45, 7) is 6.23. The Morgan fingerprint density at radius 2 is 2.29 bits per heavy atom. The summed E-state index contributed by atoms with van der Waals surface area (Å²) in [5.74, 6) is 0.547. The molecule has 1 N–H and O–H groups in total. The van der Waals surface area contributed by atoms with Gasteiger partial charge in [-0.1, -0.05) is 19.9 Å². The van der Waals surface area contributed by atoms with E-state index in [-0.39, 0.29) is 5.38 Å². The Labute approximate surface area is 95.5 Å².